The maximum Gasteiger partial charge on any atom is 0.194 e. The fourth-order valence-electron chi connectivity index (χ4n) is 1.61. The van der Waals surface area contributed by atoms with Gasteiger partial charge in [0.2, 0.25) is 0 Å². The molecule has 2 aromatic carbocycles. The summed E-state index contributed by atoms with van der Waals surface area (Å²) >= 11 is 3.45. The molecule has 0 aromatic heterocycles. The number of hydrogen-bond acceptors (Lipinski definition) is 2. The zero-order valence-corrected chi connectivity index (χ0v) is 11.0. The van der Waals surface area contributed by atoms with Gasteiger partial charge in [0.05, 0.1) is 0 Å². The first kappa shape index (κ1) is 11.9. The van der Waals surface area contributed by atoms with Crippen molar-refractivity contribution in [3.63, 3.8) is 0 Å². The van der Waals surface area contributed by atoms with E-state index < -0.39 is 0 Å². The van der Waals surface area contributed by atoms with Gasteiger partial charge in [-0.15, -0.1) is 0 Å². The summed E-state index contributed by atoms with van der Waals surface area (Å²) in [5.41, 5.74) is 8.62. The van der Waals surface area contributed by atoms with Crippen molar-refractivity contribution in [1.29, 1.82) is 0 Å². The number of anilines is 1. The zero-order valence-electron chi connectivity index (χ0n) is 9.41. The monoisotopic (exact) mass is 289 g/mol. The second-order valence-corrected chi connectivity index (χ2v) is 4.68. The molecule has 3 heteroatoms. The Morgan fingerprint density at radius 3 is 2.41 bits per heavy atom. The maximum absolute atomic E-state index is 12.3. The second kappa shape index (κ2) is 4.72. The molecule has 0 fully saturated rings. The lowest BCUT2D eigenvalue weighted by atomic mass is 10.0. The fourth-order valence-corrected chi connectivity index (χ4v) is 2.06. The molecule has 0 bridgehead atoms. The van der Waals surface area contributed by atoms with Crippen LogP contribution in [0.1, 0.15) is 21.5 Å². The first-order valence-electron chi connectivity index (χ1n) is 5.25. The van der Waals surface area contributed by atoms with Crippen molar-refractivity contribution in [2.75, 3.05) is 5.73 Å². The topological polar surface area (TPSA) is 43.1 Å². The minimum absolute atomic E-state index is 0.000532. The van der Waals surface area contributed by atoms with Crippen molar-refractivity contribution < 1.29 is 4.79 Å². The Labute approximate surface area is 109 Å². The summed E-state index contributed by atoms with van der Waals surface area (Å²) in [6, 6.07) is 12.6. The lowest BCUT2D eigenvalue weighted by Crippen LogP contribution is -2.03. The summed E-state index contributed by atoms with van der Waals surface area (Å²) in [6.45, 7) is 1.96. The van der Waals surface area contributed by atoms with Gasteiger partial charge >= 0.3 is 0 Å². The van der Waals surface area contributed by atoms with Crippen LogP contribution < -0.4 is 5.73 Å². The van der Waals surface area contributed by atoms with Gasteiger partial charge < -0.3 is 5.73 Å². The van der Waals surface area contributed by atoms with E-state index in [0.29, 0.717) is 16.8 Å². The average Bonchev–Trinajstić information content (AvgIpc) is 2.33. The van der Waals surface area contributed by atoms with E-state index in [4.69, 9.17) is 5.73 Å². The molecule has 0 aliphatic heterocycles. The van der Waals surface area contributed by atoms with E-state index in [0.717, 1.165) is 10.0 Å². The molecule has 2 nitrogen and oxygen atoms in total. The van der Waals surface area contributed by atoms with Crippen molar-refractivity contribution in [3.8, 4) is 0 Å². The molecule has 2 aromatic rings. The Morgan fingerprint density at radius 2 is 1.76 bits per heavy atom. The summed E-state index contributed by atoms with van der Waals surface area (Å²) in [4.78, 5) is 12.3. The zero-order chi connectivity index (χ0) is 12.4. The van der Waals surface area contributed by atoms with Crippen LogP contribution in [0.25, 0.3) is 0 Å². The van der Waals surface area contributed by atoms with Crippen molar-refractivity contribution >= 4 is 27.4 Å². The summed E-state index contributed by atoms with van der Waals surface area (Å²) in [7, 11) is 0. The van der Waals surface area contributed by atoms with Crippen molar-refractivity contribution in [2.24, 2.45) is 0 Å². The third-order valence-electron chi connectivity index (χ3n) is 2.61. The van der Waals surface area contributed by atoms with Crippen LogP contribution in [0.3, 0.4) is 0 Å². The average molecular weight is 290 g/mol. The Hall–Kier alpha value is -1.61. The van der Waals surface area contributed by atoms with Crippen LogP contribution >= 0.6 is 15.9 Å². The molecule has 0 aliphatic carbocycles. The van der Waals surface area contributed by atoms with Gasteiger partial charge in [0.25, 0.3) is 0 Å². The minimum atomic E-state index is 0.000532. The number of halogens is 1. The largest absolute Gasteiger partial charge is 0.399 e. The first-order valence-corrected chi connectivity index (χ1v) is 6.04. The fraction of sp³-hybridized carbons (Fsp3) is 0.0714. The molecular weight excluding hydrogens is 278 g/mol. The molecule has 0 radical (unpaired) electrons. The molecule has 0 spiro atoms. The smallest absolute Gasteiger partial charge is 0.194 e. The van der Waals surface area contributed by atoms with Crippen molar-refractivity contribution in [3.05, 3.63) is 63.6 Å². The Kier molecular flexibility index (Phi) is 3.29. The summed E-state index contributed by atoms with van der Waals surface area (Å²) in [5.74, 6) is 0.000532. The number of rotatable bonds is 2. The number of benzene rings is 2. The lowest BCUT2D eigenvalue weighted by molar-refractivity contribution is 0.103. The second-order valence-electron chi connectivity index (χ2n) is 3.89. The third-order valence-corrected chi connectivity index (χ3v) is 3.66. The summed E-state index contributed by atoms with van der Waals surface area (Å²) < 4.78 is 0.849. The van der Waals surface area contributed by atoms with Crippen molar-refractivity contribution in [1.82, 2.24) is 0 Å². The number of hydrogen-bond donors (Lipinski definition) is 1. The van der Waals surface area contributed by atoms with Gasteiger partial charge in [0, 0.05) is 21.3 Å². The molecule has 2 N–H and O–H groups in total. The van der Waals surface area contributed by atoms with Crippen LogP contribution in [0.5, 0.6) is 0 Å². The van der Waals surface area contributed by atoms with Gasteiger partial charge in [0.15, 0.2) is 5.78 Å². The molecule has 17 heavy (non-hydrogen) atoms. The normalized spacial score (nSPS) is 10.2. The van der Waals surface area contributed by atoms with E-state index in [1.807, 2.05) is 25.1 Å². The lowest BCUT2D eigenvalue weighted by Gasteiger charge is -2.06. The van der Waals surface area contributed by atoms with Crippen molar-refractivity contribution in [2.45, 2.75) is 6.92 Å². The van der Waals surface area contributed by atoms with E-state index in [1.165, 1.54) is 0 Å². The molecule has 0 aliphatic rings. The highest BCUT2D eigenvalue weighted by molar-refractivity contribution is 9.10. The molecule has 0 amide bonds. The SMILES string of the molecule is Cc1cccc(C(=O)c2ccc(N)cc2)c1Br. The van der Waals surface area contributed by atoms with Crippen LogP contribution in [0.15, 0.2) is 46.9 Å². The molecule has 0 atom stereocenters. The molecule has 86 valence electrons. The minimum Gasteiger partial charge on any atom is -0.399 e. The number of aryl methyl sites for hydroxylation is 1. The predicted octanol–water partition coefficient (Wildman–Crippen LogP) is 3.57. The van der Waals surface area contributed by atoms with E-state index in [-0.39, 0.29) is 5.78 Å². The Balaban J connectivity index is 2.44. The van der Waals surface area contributed by atoms with Gasteiger partial charge in [0.1, 0.15) is 0 Å². The number of carbonyl (C=O) groups excluding carboxylic acids is 1. The Morgan fingerprint density at radius 1 is 1.12 bits per heavy atom. The van der Waals surface area contributed by atoms with Crippen LogP contribution in [0.4, 0.5) is 5.69 Å². The van der Waals surface area contributed by atoms with E-state index >= 15 is 0 Å². The van der Waals surface area contributed by atoms with Crippen LogP contribution in [0.2, 0.25) is 0 Å². The van der Waals surface area contributed by atoms with Gasteiger partial charge in [-0.05, 0) is 58.7 Å². The highest BCUT2D eigenvalue weighted by Gasteiger charge is 2.13. The van der Waals surface area contributed by atoms with E-state index in [2.05, 4.69) is 15.9 Å². The standard InChI is InChI=1S/C14H12BrNO/c1-9-3-2-4-12(13(9)15)14(17)10-5-7-11(16)8-6-10/h2-8H,16H2,1H3. The van der Waals surface area contributed by atoms with Crippen LogP contribution in [-0.2, 0) is 0 Å². The molecule has 0 heterocycles. The van der Waals surface area contributed by atoms with Crippen LogP contribution in [0, 0.1) is 6.92 Å². The highest BCUT2D eigenvalue weighted by Crippen LogP contribution is 2.23. The highest BCUT2D eigenvalue weighted by atomic mass is 79.9. The van der Waals surface area contributed by atoms with Gasteiger partial charge in [-0.3, -0.25) is 4.79 Å². The number of nitrogen functional groups attached to an aromatic ring is 1. The molecule has 2 rings (SSSR count). The number of ketones is 1. The molecule has 0 saturated carbocycles. The first-order chi connectivity index (χ1) is 8.09. The molecular formula is C14H12BrNO. The van der Waals surface area contributed by atoms with Gasteiger partial charge in [-0.25, -0.2) is 0 Å². The van der Waals surface area contributed by atoms with Crippen LogP contribution in [-0.4, -0.2) is 5.78 Å². The Bertz CT molecular complexity index is 561. The maximum atomic E-state index is 12.3. The molecule has 0 unspecified atom stereocenters. The number of carbonyl (C=O) groups is 1. The quantitative estimate of drug-likeness (QED) is 0.678. The third kappa shape index (κ3) is 2.39. The van der Waals surface area contributed by atoms with E-state index in [1.54, 1.807) is 24.3 Å². The van der Waals surface area contributed by atoms with Gasteiger partial charge in [-0.2, -0.15) is 0 Å². The molecule has 0 saturated heterocycles. The number of nitrogens with two attached hydrogens (primary N) is 1. The summed E-state index contributed by atoms with van der Waals surface area (Å²) in [5, 5.41) is 0. The predicted molar refractivity (Wildman–Crippen MR) is 73.2 cm³/mol. The summed E-state index contributed by atoms with van der Waals surface area (Å²) in [6.07, 6.45) is 0. The van der Waals surface area contributed by atoms with Gasteiger partial charge in [-0.1, -0.05) is 12.1 Å². The van der Waals surface area contributed by atoms with E-state index in [9.17, 15) is 4.79 Å².